The summed E-state index contributed by atoms with van der Waals surface area (Å²) in [4.78, 5) is 24.9. The predicted octanol–water partition coefficient (Wildman–Crippen LogP) is 9.78. The normalized spacial score (nSPS) is 11.6. The summed E-state index contributed by atoms with van der Waals surface area (Å²) in [7, 11) is 0. The van der Waals surface area contributed by atoms with Gasteiger partial charge in [0.1, 0.15) is 24.3 Å². The van der Waals surface area contributed by atoms with E-state index >= 15 is 0 Å². The Morgan fingerprint density at radius 2 is 1.12 bits per heavy atom. The van der Waals surface area contributed by atoms with E-state index in [-0.39, 0.29) is 12.2 Å². The molecular weight excluding hydrogens is 531 g/mol. The van der Waals surface area contributed by atoms with Gasteiger partial charge < -0.3 is 14.2 Å². The number of carbonyl (C=O) groups is 2. The Morgan fingerprint density at radius 1 is 0.619 bits per heavy atom. The minimum absolute atomic E-state index is 0.255. The second-order valence-corrected chi connectivity index (χ2v) is 10.7. The summed E-state index contributed by atoms with van der Waals surface area (Å²) in [5.41, 5.74) is 2.69. The van der Waals surface area contributed by atoms with Crippen molar-refractivity contribution < 1.29 is 28.2 Å². The molecule has 0 fully saturated rings. The number of rotatable bonds is 19. The van der Waals surface area contributed by atoms with Crippen LogP contribution in [0.2, 0.25) is 0 Å². The second-order valence-electron chi connectivity index (χ2n) is 10.7. The maximum atomic E-state index is 14.0. The Balaban J connectivity index is 1.42. The highest BCUT2D eigenvalue weighted by Crippen LogP contribution is 2.24. The molecule has 0 aromatic heterocycles. The van der Waals surface area contributed by atoms with Crippen LogP contribution in [0.25, 0.3) is 11.1 Å². The summed E-state index contributed by atoms with van der Waals surface area (Å²) < 4.78 is 30.4. The van der Waals surface area contributed by atoms with Crippen LogP contribution in [-0.4, -0.2) is 31.3 Å². The summed E-state index contributed by atoms with van der Waals surface area (Å²) in [5.74, 6) is 0.0587. The number of ether oxygens (including phenoxy) is 3. The second kappa shape index (κ2) is 18.7. The Kier molecular flexibility index (Phi) is 14.6. The minimum Gasteiger partial charge on any atom is -0.494 e. The molecule has 3 aromatic carbocycles. The molecule has 0 amide bonds. The summed E-state index contributed by atoms with van der Waals surface area (Å²) in [6.07, 6.45) is 10.6. The van der Waals surface area contributed by atoms with Gasteiger partial charge in [-0.1, -0.05) is 95.9 Å². The maximum Gasteiger partial charge on any atom is 0.343 e. The first-order chi connectivity index (χ1) is 20.5. The van der Waals surface area contributed by atoms with Gasteiger partial charge in [0.05, 0.1) is 17.7 Å². The zero-order valence-corrected chi connectivity index (χ0v) is 25.1. The molecule has 226 valence electrons. The molecule has 0 aliphatic carbocycles. The van der Waals surface area contributed by atoms with Crippen LogP contribution in [0.5, 0.6) is 11.5 Å². The first-order valence-corrected chi connectivity index (χ1v) is 15.5. The van der Waals surface area contributed by atoms with Gasteiger partial charge in [-0.15, -0.1) is 0 Å². The van der Waals surface area contributed by atoms with Gasteiger partial charge in [-0.25, -0.2) is 14.0 Å². The van der Waals surface area contributed by atoms with Crippen molar-refractivity contribution >= 4 is 11.9 Å². The summed E-state index contributed by atoms with van der Waals surface area (Å²) in [6.45, 7) is 4.80. The SMILES string of the molecule is CCCCCCCCOc1ccc(-c2ccc(C(=O)Oc3ccc(C(=O)OCC(F)CCCCCC)cc3)cc2)cc1. The van der Waals surface area contributed by atoms with E-state index in [1.54, 1.807) is 12.1 Å². The van der Waals surface area contributed by atoms with Crippen LogP contribution < -0.4 is 9.47 Å². The zero-order chi connectivity index (χ0) is 30.0. The third-order valence-electron chi connectivity index (χ3n) is 7.14. The van der Waals surface area contributed by atoms with Crippen LogP contribution in [0.15, 0.2) is 72.8 Å². The monoisotopic (exact) mass is 576 g/mol. The summed E-state index contributed by atoms with van der Waals surface area (Å²) >= 11 is 0. The smallest absolute Gasteiger partial charge is 0.343 e. The van der Waals surface area contributed by atoms with E-state index in [9.17, 15) is 14.0 Å². The average molecular weight is 577 g/mol. The van der Waals surface area contributed by atoms with Gasteiger partial charge in [-0.3, -0.25) is 0 Å². The van der Waals surface area contributed by atoms with Gasteiger partial charge in [-0.05, 0) is 72.5 Å². The average Bonchev–Trinajstić information content (AvgIpc) is 3.02. The number of hydrogen-bond donors (Lipinski definition) is 0. The van der Waals surface area contributed by atoms with Gasteiger partial charge in [0.15, 0.2) is 0 Å². The number of hydrogen-bond acceptors (Lipinski definition) is 5. The van der Waals surface area contributed by atoms with Crippen molar-refractivity contribution in [2.24, 2.45) is 0 Å². The first kappa shape index (κ1) is 32.8. The third kappa shape index (κ3) is 11.7. The number of halogens is 1. The first-order valence-electron chi connectivity index (χ1n) is 15.5. The molecule has 0 N–H and O–H groups in total. The summed E-state index contributed by atoms with van der Waals surface area (Å²) in [5, 5.41) is 0. The number of esters is 2. The lowest BCUT2D eigenvalue weighted by Gasteiger charge is -2.10. The standard InChI is InChI=1S/C36H45FO5/c1-3-5-7-9-10-12-26-40-33-22-18-29(19-23-33)28-14-16-31(17-15-28)36(39)42-34-24-20-30(21-25-34)35(38)41-27-32(37)13-11-8-6-4-2/h14-25,32H,3-13,26-27H2,1-2H3. The predicted molar refractivity (Wildman–Crippen MR) is 166 cm³/mol. The van der Waals surface area contributed by atoms with E-state index < -0.39 is 18.1 Å². The van der Waals surface area contributed by atoms with E-state index in [1.807, 2.05) is 36.4 Å². The molecule has 0 saturated carbocycles. The molecule has 3 rings (SSSR count). The lowest BCUT2D eigenvalue weighted by Crippen LogP contribution is -2.15. The van der Waals surface area contributed by atoms with E-state index in [1.165, 1.54) is 56.4 Å². The van der Waals surface area contributed by atoms with Crippen molar-refractivity contribution in [2.45, 2.75) is 90.6 Å². The van der Waals surface area contributed by atoms with Gasteiger partial charge in [0.25, 0.3) is 0 Å². The fourth-order valence-corrected chi connectivity index (χ4v) is 4.57. The van der Waals surface area contributed by atoms with Crippen molar-refractivity contribution in [3.63, 3.8) is 0 Å². The fraction of sp³-hybridized carbons (Fsp3) is 0.444. The van der Waals surface area contributed by atoms with E-state index in [4.69, 9.17) is 14.2 Å². The molecule has 0 bridgehead atoms. The van der Waals surface area contributed by atoms with Crippen LogP contribution in [0.3, 0.4) is 0 Å². The lowest BCUT2D eigenvalue weighted by atomic mass is 10.0. The fourth-order valence-electron chi connectivity index (χ4n) is 4.57. The van der Waals surface area contributed by atoms with Crippen LogP contribution in [0, 0.1) is 0 Å². The third-order valence-corrected chi connectivity index (χ3v) is 7.14. The largest absolute Gasteiger partial charge is 0.494 e. The van der Waals surface area contributed by atoms with Crippen LogP contribution in [-0.2, 0) is 4.74 Å². The van der Waals surface area contributed by atoms with Crippen LogP contribution in [0.4, 0.5) is 4.39 Å². The molecule has 0 radical (unpaired) electrons. The Hall–Kier alpha value is -3.67. The van der Waals surface area contributed by atoms with Crippen molar-refractivity contribution in [2.75, 3.05) is 13.2 Å². The van der Waals surface area contributed by atoms with Crippen molar-refractivity contribution in [1.82, 2.24) is 0 Å². The van der Waals surface area contributed by atoms with Gasteiger partial charge in [-0.2, -0.15) is 0 Å². The quantitative estimate of drug-likeness (QED) is 0.0807. The molecule has 0 spiro atoms. The summed E-state index contributed by atoms with van der Waals surface area (Å²) in [6, 6.07) is 21.2. The molecule has 1 atom stereocenters. The molecular formula is C36H45FO5. The van der Waals surface area contributed by atoms with Crippen LogP contribution in [0.1, 0.15) is 105 Å². The molecule has 3 aromatic rings. The van der Waals surface area contributed by atoms with E-state index in [2.05, 4.69) is 13.8 Å². The van der Waals surface area contributed by atoms with Gasteiger partial charge in [0.2, 0.25) is 0 Å². The highest BCUT2D eigenvalue weighted by Gasteiger charge is 2.14. The number of carbonyl (C=O) groups excluding carboxylic acids is 2. The zero-order valence-electron chi connectivity index (χ0n) is 25.1. The number of benzene rings is 3. The van der Waals surface area contributed by atoms with Gasteiger partial charge in [0, 0.05) is 0 Å². The lowest BCUT2D eigenvalue weighted by molar-refractivity contribution is 0.0389. The van der Waals surface area contributed by atoms with Gasteiger partial charge >= 0.3 is 11.9 Å². The number of unbranched alkanes of at least 4 members (excludes halogenated alkanes) is 8. The molecule has 5 nitrogen and oxygen atoms in total. The highest BCUT2D eigenvalue weighted by atomic mass is 19.1. The number of alkyl halides is 1. The Morgan fingerprint density at radius 3 is 1.76 bits per heavy atom. The Bertz CT molecular complexity index is 1190. The molecule has 0 aliphatic rings. The minimum atomic E-state index is -1.16. The topological polar surface area (TPSA) is 61.8 Å². The van der Waals surface area contributed by atoms with E-state index in [0.717, 1.165) is 55.6 Å². The van der Waals surface area contributed by atoms with Crippen molar-refractivity contribution in [3.05, 3.63) is 83.9 Å². The molecule has 0 heterocycles. The molecule has 0 saturated heterocycles. The maximum absolute atomic E-state index is 14.0. The molecule has 42 heavy (non-hydrogen) atoms. The van der Waals surface area contributed by atoms with E-state index in [0.29, 0.717) is 17.7 Å². The van der Waals surface area contributed by atoms with Crippen LogP contribution >= 0.6 is 0 Å². The van der Waals surface area contributed by atoms with Crippen molar-refractivity contribution in [3.8, 4) is 22.6 Å². The van der Waals surface area contributed by atoms with Crippen molar-refractivity contribution in [1.29, 1.82) is 0 Å². The highest BCUT2D eigenvalue weighted by molar-refractivity contribution is 5.92. The molecule has 6 heteroatoms. The molecule has 1 unspecified atom stereocenters. The molecule has 0 aliphatic heterocycles. The Labute approximate surface area is 250 Å².